The van der Waals surface area contributed by atoms with Crippen molar-refractivity contribution in [1.82, 2.24) is 0 Å². The molecule has 0 amide bonds. The summed E-state index contributed by atoms with van der Waals surface area (Å²) in [4.78, 5) is 12.7. The summed E-state index contributed by atoms with van der Waals surface area (Å²) in [5.74, 6) is -0.161. The van der Waals surface area contributed by atoms with Crippen molar-refractivity contribution >= 4 is 43.7 Å². The van der Waals surface area contributed by atoms with E-state index in [-0.39, 0.29) is 11.5 Å². The topological polar surface area (TPSA) is 57.9 Å². The molecule has 412 valence electrons. The van der Waals surface area contributed by atoms with Gasteiger partial charge in [-0.15, -0.1) is 0 Å². The zero-order valence-electron chi connectivity index (χ0n) is 37.7. The van der Waals surface area contributed by atoms with Gasteiger partial charge in [0, 0.05) is 5.56 Å². The fourth-order valence-corrected chi connectivity index (χ4v) is 9.47. The van der Waals surface area contributed by atoms with E-state index in [1.54, 1.807) is 54.8 Å². The molecule has 0 heterocycles. The Hall–Kier alpha value is -6.99. The predicted octanol–water partition coefficient (Wildman–Crippen LogP) is 14.1. The van der Waals surface area contributed by atoms with Crippen LogP contribution in [0.15, 0.2) is 132 Å². The van der Waals surface area contributed by atoms with E-state index >= 15 is 0 Å². The highest BCUT2D eigenvalue weighted by Crippen LogP contribution is 2.41. The number of alkyl halides is 24. The molecule has 3 nitrogen and oxygen atoms in total. The van der Waals surface area contributed by atoms with E-state index in [0.29, 0.717) is 16.0 Å². The van der Waals surface area contributed by atoms with Crippen LogP contribution >= 0.6 is 0 Å². The molecule has 0 aliphatic heterocycles. The highest BCUT2D eigenvalue weighted by atomic mass is 32.2. The Bertz CT molecular complexity index is 2790. The van der Waals surface area contributed by atoms with Gasteiger partial charge in [-0.05, 0) is 48.5 Å². The van der Waals surface area contributed by atoms with Gasteiger partial charge in [-0.1, -0.05) is 83.1 Å². The Morgan fingerprint density at radius 2 is 0.636 bits per heavy atom. The number of hydrogen-bond acceptors (Lipinski definition) is 3. The van der Waals surface area contributed by atoms with Gasteiger partial charge in [0.1, 0.15) is 22.3 Å². The van der Waals surface area contributed by atoms with E-state index in [0.717, 1.165) is 0 Å². The van der Waals surface area contributed by atoms with Crippen LogP contribution < -0.4 is 21.9 Å². The Balaban J connectivity index is 0.000000455. The number of carbonyl (C=O) groups is 1. The van der Waals surface area contributed by atoms with Crippen LogP contribution in [0.25, 0.3) is 0 Å². The molecule has 0 aliphatic carbocycles. The van der Waals surface area contributed by atoms with Crippen LogP contribution in [0.4, 0.5) is 105 Å². The maximum Gasteiger partial charge on any atom is 0.416 e. The summed E-state index contributed by atoms with van der Waals surface area (Å²) >= 11 is 0. The number of nitrogens with zero attached hydrogens (tertiary/aromatic N) is 1. The van der Waals surface area contributed by atoms with E-state index in [1.165, 1.54) is 0 Å². The number of halogens is 24. The minimum atomic E-state index is -6.13. The van der Waals surface area contributed by atoms with Crippen molar-refractivity contribution in [2.45, 2.75) is 54.3 Å². The van der Waals surface area contributed by atoms with Crippen LogP contribution in [0.1, 0.15) is 60.4 Å². The zero-order valence-corrected chi connectivity index (χ0v) is 38.5. The number of rotatable bonds is 8. The normalized spacial score (nSPS) is 14.0. The summed E-state index contributed by atoms with van der Waals surface area (Å²) in [5, 5.41) is 8.75. The van der Waals surface area contributed by atoms with Crippen molar-refractivity contribution in [2.75, 3.05) is 12.0 Å². The van der Waals surface area contributed by atoms with Crippen molar-refractivity contribution in [2.24, 2.45) is 0 Å². The molecule has 0 spiro atoms. The fourth-order valence-electron chi connectivity index (χ4n) is 7.93. The molecule has 0 radical (unpaired) electrons. The van der Waals surface area contributed by atoms with Gasteiger partial charge < -0.3 is 0 Å². The lowest BCUT2D eigenvalue weighted by Crippen LogP contribution is -2.75. The van der Waals surface area contributed by atoms with Crippen LogP contribution in [0.2, 0.25) is 0 Å². The first-order valence-electron chi connectivity index (χ1n) is 20.7. The van der Waals surface area contributed by atoms with Crippen LogP contribution in [-0.2, 0) is 63.6 Å². The quantitative estimate of drug-likeness (QED) is 0.0660. The Kier molecular flexibility index (Phi) is 16.4. The molecular formula is C48H26BF24NO2S. The summed E-state index contributed by atoms with van der Waals surface area (Å²) in [5.41, 5.74) is -29.1. The largest absolute Gasteiger partial charge is 0.416 e. The van der Waals surface area contributed by atoms with E-state index in [2.05, 4.69) is 0 Å². The van der Waals surface area contributed by atoms with E-state index < -0.39 is 205 Å². The monoisotopic (exact) mass is 1150 g/mol. The second kappa shape index (κ2) is 20.8. The molecular weight excluding hydrogens is 1120 g/mol. The highest BCUT2D eigenvalue weighted by Gasteiger charge is 2.47. The number of nitriles is 1. The number of ketones is 1. The first-order valence-corrected chi connectivity index (χ1v) is 22.8. The van der Waals surface area contributed by atoms with Crippen molar-refractivity contribution < 1.29 is 114 Å². The molecule has 77 heavy (non-hydrogen) atoms. The van der Waals surface area contributed by atoms with E-state index in [1.807, 2.05) is 12.1 Å². The van der Waals surface area contributed by atoms with Gasteiger partial charge in [0.2, 0.25) is 5.78 Å². The summed E-state index contributed by atoms with van der Waals surface area (Å²) in [7, 11) is -2.44. The minimum Gasteiger partial charge on any atom is -0.289 e. The molecule has 1 atom stereocenters. The van der Waals surface area contributed by atoms with Crippen molar-refractivity contribution in [3.63, 3.8) is 0 Å². The zero-order chi connectivity index (χ0) is 58.5. The molecule has 0 aromatic heterocycles. The third-order valence-electron chi connectivity index (χ3n) is 11.4. The van der Waals surface area contributed by atoms with E-state index in [4.69, 9.17) is 5.26 Å². The summed E-state index contributed by atoms with van der Waals surface area (Å²) in [6.07, 6.45) is -53.2. The van der Waals surface area contributed by atoms with Gasteiger partial charge in [-0.25, -0.2) is 0 Å². The Morgan fingerprint density at radius 1 is 0.403 bits per heavy atom. The second-order valence-electron chi connectivity index (χ2n) is 16.8. The standard InChI is InChI=1S/C32H12BF24.C16H14NO2S/c34-25(35,36)13-1-14(26(37,38)39)6-21(5-13)33(22-7-15(27(40,41)42)2-16(8-22)28(43,44)45,23-9-17(29(46,47)48)3-18(10-23)30(49,50)51)24-11-19(31(52,53)54)4-20(12-24)32(55,56)57;1-20(19,15-9-7-13(11-17)8-10-15)12-16(18)14-5-3-2-4-6-14/h1-12H;2-10H,12H2,1H3/q-1;+1. The smallest absolute Gasteiger partial charge is 0.289 e. The van der Waals surface area contributed by atoms with Gasteiger partial charge in [0.25, 0.3) is 0 Å². The highest BCUT2D eigenvalue weighted by molar-refractivity contribution is 8.03. The second-order valence-corrected chi connectivity index (χ2v) is 19.6. The predicted molar refractivity (Wildman–Crippen MR) is 229 cm³/mol. The molecule has 0 saturated heterocycles. The molecule has 0 bridgehead atoms. The summed E-state index contributed by atoms with van der Waals surface area (Å²) in [6.45, 7) is 0. The van der Waals surface area contributed by atoms with Crippen molar-refractivity contribution in [3.05, 3.63) is 183 Å². The third kappa shape index (κ3) is 14.1. The van der Waals surface area contributed by atoms with Crippen LogP contribution in [0, 0.1) is 11.3 Å². The van der Waals surface area contributed by atoms with Gasteiger partial charge >= 0.3 is 49.4 Å². The van der Waals surface area contributed by atoms with Gasteiger partial charge in [-0.2, -0.15) is 132 Å². The average Bonchev–Trinajstić information content (AvgIpc) is 3.29. The average molecular weight is 1150 g/mol. The van der Waals surface area contributed by atoms with Gasteiger partial charge in [0.15, 0.2) is 10.6 Å². The number of benzene rings is 6. The van der Waals surface area contributed by atoms with Gasteiger partial charge in [-0.3, -0.25) is 4.79 Å². The Morgan fingerprint density at radius 3 is 0.844 bits per heavy atom. The molecule has 6 aromatic carbocycles. The lowest BCUT2D eigenvalue weighted by atomic mass is 9.12. The molecule has 29 heteroatoms. The number of hydrogen-bond donors (Lipinski definition) is 0. The Labute approximate surface area is 418 Å². The molecule has 0 fully saturated rings. The molecule has 0 saturated carbocycles. The molecule has 6 aromatic rings. The van der Waals surface area contributed by atoms with Crippen LogP contribution in [0.3, 0.4) is 0 Å². The van der Waals surface area contributed by atoms with Crippen molar-refractivity contribution in [1.29, 1.82) is 5.26 Å². The lowest BCUT2D eigenvalue weighted by molar-refractivity contribution is -0.144. The van der Waals surface area contributed by atoms with E-state index in [9.17, 15) is 114 Å². The maximum atomic E-state index is 14.2. The number of carbonyl (C=O) groups excluding carboxylic acids is 1. The minimum absolute atomic E-state index is 0.0249. The van der Waals surface area contributed by atoms with Crippen LogP contribution in [0.5, 0.6) is 0 Å². The van der Waals surface area contributed by atoms with Gasteiger partial charge in [0.05, 0.1) is 56.1 Å². The lowest BCUT2D eigenvalue weighted by Gasteiger charge is -2.46. The molecule has 0 aliphatic rings. The summed E-state index contributed by atoms with van der Waals surface area (Å²) in [6, 6.07) is 8.58. The molecule has 0 N–H and O–H groups in total. The van der Waals surface area contributed by atoms with Crippen molar-refractivity contribution in [3.8, 4) is 6.07 Å². The fraction of sp³-hybridized carbons (Fsp3) is 0.208. The SMILES string of the molecule is C[S+](=O)(CC(=O)c1ccccc1)c1ccc(C#N)cc1.FC(F)(F)c1cc([B-](c2cc(C(F)(F)F)cc(C(F)(F)F)c2)(c2cc(C(F)(F)F)cc(C(F)(F)F)c2)c2cc(C(F)(F)F)cc(C(F)(F)F)c2)cc(C(F)(F)F)c1. The molecule has 6 rings (SSSR count). The summed E-state index contributed by atoms with van der Waals surface area (Å²) < 4.78 is 353. The first-order chi connectivity index (χ1) is 34.8. The number of Topliss-reactive ketones (excluding diaryl/α,β-unsaturated/α-hetero) is 1. The first kappa shape index (κ1) is 60.9. The maximum absolute atomic E-state index is 14.2. The third-order valence-corrected chi connectivity index (χ3v) is 13.5. The van der Waals surface area contributed by atoms with Crippen LogP contribution in [-0.4, -0.2) is 23.9 Å². The molecule has 1 unspecified atom stereocenters.